The van der Waals surface area contributed by atoms with Crippen LogP contribution in [0.2, 0.25) is 0 Å². The van der Waals surface area contributed by atoms with E-state index in [4.69, 9.17) is 0 Å². The van der Waals surface area contributed by atoms with Gasteiger partial charge in [-0.25, -0.2) is 0 Å². The highest BCUT2D eigenvalue weighted by Gasteiger charge is 2.38. The van der Waals surface area contributed by atoms with Crippen LogP contribution in [-0.2, 0) is 0 Å². The van der Waals surface area contributed by atoms with E-state index in [9.17, 15) is 0 Å². The average molecular weight is 180 g/mol. The van der Waals surface area contributed by atoms with Crippen molar-refractivity contribution < 1.29 is 0 Å². The Hall–Kier alpha value is -0.0800. The second kappa shape index (κ2) is 3.25. The van der Waals surface area contributed by atoms with E-state index < -0.39 is 0 Å². The molecule has 0 saturated carbocycles. The summed E-state index contributed by atoms with van der Waals surface area (Å²) >= 11 is 0. The summed E-state index contributed by atoms with van der Waals surface area (Å²) in [6.07, 6.45) is 5.90. The van der Waals surface area contributed by atoms with E-state index in [1.807, 2.05) is 0 Å². The van der Waals surface area contributed by atoms with Crippen molar-refractivity contribution in [1.82, 2.24) is 10.2 Å². The molecular formula is C11H20N2. The van der Waals surface area contributed by atoms with Crippen LogP contribution in [0.1, 0.15) is 25.7 Å². The zero-order valence-electron chi connectivity index (χ0n) is 8.34. The Balaban J connectivity index is 1.77. The van der Waals surface area contributed by atoms with Crippen molar-refractivity contribution in [1.29, 1.82) is 0 Å². The Morgan fingerprint density at radius 2 is 2.15 bits per heavy atom. The minimum atomic E-state index is 0.942. The van der Waals surface area contributed by atoms with Crippen molar-refractivity contribution in [2.24, 2.45) is 11.8 Å². The first-order valence-electron chi connectivity index (χ1n) is 5.88. The number of fused-ring (bicyclic) bond motifs is 4. The first-order valence-corrected chi connectivity index (χ1v) is 5.88. The molecule has 3 fully saturated rings. The predicted molar refractivity (Wildman–Crippen MR) is 53.7 cm³/mol. The van der Waals surface area contributed by atoms with E-state index in [2.05, 4.69) is 10.2 Å². The molecule has 3 atom stereocenters. The lowest BCUT2D eigenvalue weighted by molar-refractivity contribution is 0.0109. The number of nitrogens with one attached hydrogen (secondary N) is 1. The van der Waals surface area contributed by atoms with Gasteiger partial charge in [-0.3, -0.25) is 4.90 Å². The standard InChI is InChI=1S/C11H20N2/c1-2-4-13-8-9-5-10(7-12-6-9)11(13)3-1/h9-12H,1-8H2/t9-,10-,11+/m1/s1. The number of hydrogen-bond donors (Lipinski definition) is 1. The normalized spacial score (nSPS) is 45.7. The molecule has 3 aliphatic rings. The zero-order chi connectivity index (χ0) is 8.67. The number of hydrogen-bond acceptors (Lipinski definition) is 2. The van der Waals surface area contributed by atoms with Crippen molar-refractivity contribution in [3.05, 3.63) is 0 Å². The minimum Gasteiger partial charge on any atom is -0.316 e. The highest BCUT2D eigenvalue weighted by atomic mass is 15.2. The summed E-state index contributed by atoms with van der Waals surface area (Å²) in [4.78, 5) is 2.78. The molecule has 13 heavy (non-hydrogen) atoms. The van der Waals surface area contributed by atoms with Crippen LogP contribution in [0, 0.1) is 11.8 Å². The van der Waals surface area contributed by atoms with Gasteiger partial charge in [0.25, 0.3) is 0 Å². The number of nitrogens with zero attached hydrogens (tertiary/aromatic N) is 1. The van der Waals surface area contributed by atoms with E-state index in [1.165, 1.54) is 51.9 Å². The van der Waals surface area contributed by atoms with Gasteiger partial charge >= 0.3 is 0 Å². The van der Waals surface area contributed by atoms with Crippen LogP contribution in [0.5, 0.6) is 0 Å². The minimum absolute atomic E-state index is 0.942. The van der Waals surface area contributed by atoms with Crippen LogP contribution in [0.4, 0.5) is 0 Å². The van der Waals surface area contributed by atoms with E-state index in [0.717, 1.165) is 17.9 Å². The van der Waals surface area contributed by atoms with Crippen molar-refractivity contribution in [2.45, 2.75) is 31.7 Å². The molecule has 1 N–H and O–H groups in total. The molecule has 0 aromatic rings. The lowest BCUT2D eigenvalue weighted by Gasteiger charge is -2.50. The first kappa shape index (κ1) is 8.25. The topological polar surface area (TPSA) is 15.3 Å². The highest BCUT2D eigenvalue weighted by molar-refractivity contribution is 4.94. The second-order valence-corrected chi connectivity index (χ2v) is 5.08. The number of rotatable bonds is 0. The molecule has 2 heteroatoms. The molecule has 3 heterocycles. The molecule has 3 saturated heterocycles. The smallest absolute Gasteiger partial charge is 0.0136 e. The third-order valence-electron chi connectivity index (χ3n) is 4.18. The van der Waals surface area contributed by atoms with Crippen LogP contribution in [-0.4, -0.2) is 37.1 Å². The fourth-order valence-electron chi connectivity index (χ4n) is 3.61. The lowest BCUT2D eigenvalue weighted by atomic mass is 9.77. The van der Waals surface area contributed by atoms with Crippen LogP contribution in [0.15, 0.2) is 0 Å². The van der Waals surface area contributed by atoms with E-state index in [0.29, 0.717) is 0 Å². The molecule has 2 bridgehead atoms. The Morgan fingerprint density at radius 3 is 3.15 bits per heavy atom. The van der Waals surface area contributed by atoms with Gasteiger partial charge in [-0.15, -0.1) is 0 Å². The maximum atomic E-state index is 3.59. The summed E-state index contributed by atoms with van der Waals surface area (Å²) in [5, 5.41) is 3.59. The zero-order valence-corrected chi connectivity index (χ0v) is 8.34. The third kappa shape index (κ3) is 1.40. The van der Waals surface area contributed by atoms with Crippen LogP contribution < -0.4 is 5.32 Å². The van der Waals surface area contributed by atoms with Gasteiger partial charge in [-0.05, 0) is 50.7 Å². The summed E-state index contributed by atoms with van der Waals surface area (Å²) in [6, 6.07) is 0.942. The molecule has 3 aliphatic heterocycles. The second-order valence-electron chi connectivity index (χ2n) is 5.08. The van der Waals surface area contributed by atoms with E-state index >= 15 is 0 Å². The molecule has 0 aromatic heterocycles. The Labute approximate surface area is 80.7 Å². The molecule has 0 radical (unpaired) electrons. The third-order valence-corrected chi connectivity index (χ3v) is 4.18. The van der Waals surface area contributed by atoms with E-state index in [1.54, 1.807) is 0 Å². The van der Waals surface area contributed by atoms with Gasteiger partial charge in [0.15, 0.2) is 0 Å². The summed E-state index contributed by atoms with van der Waals surface area (Å²) in [5.41, 5.74) is 0. The maximum Gasteiger partial charge on any atom is 0.0136 e. The number of piperidine rings is 3. The van der Waals surface area contributed by atoms with Crippen molar-refractivity contribution >= 4 is 0 Å². The summed E-state index contributed by atoms with van der Waals surface area (Å²) < 4.78 is 0. The van der Waals surface area contributed by atoms with Gasteiger partial charge in [0.1, 0.15) is 0 Å². The first-order chi connectivity index (χ1) is 6.43. The van der Waals surface area contributed by atoms with Gasteiger partial charge in [0, 0.05) is 12.6 Å². The summed E-state index contributed by atoms with van der Waals surface area (Å²) in [6.45, 7) is 5.34. The molecule has 0 spiro atoms. The van der Waals surface area contributed by atoms with Crippen molar-refractivity contribution in [2.75, 3.05) is 26.2 Å². The van der Waals surface area contributed by atoms with Gasteiger partial charge in [0.05, 0.1) is 0 Å². The van der Waals surface area contributed by atoms with Gasteiger partial charge in [-0.1, -0.05) is 6.42 Å². The average Bonchev–Trinajstić information content (AvgIpc) is 2.18. The van der Waals surface area contributed by atoms with Gasteiger partial charge in [0.2, 0.25) is 0 Å². The largest absolute Gasteiger partial charge is 0.316 e. The van der Waals surface area contributed by atoms with Crippen molar-refractivity contribution in [3.8, 4) is 0 Å². The lowest BCUT2D eigenvalue weighted by Crippen LogP contribution is -2.58. The maximum absolute atomic E-state index is 3.59. The molecule has 2 nitrogen and oxygen atoms in total. The molecule has 74 valence electrons. The molecule has 0 amide bonds. The SMILES string of the molecule is C1CCN2C[C@H]3CNC[C@@H](C3)[C@@H]2C1. The fraction of sp³-hybridized carbons (Fsp3) is 1.00. The Kier molecular flexibility index (Phi) is 2.06. The highest BCUT2D eigenvalue weighted by Crippen LogP contribution is 2.34. The molecule has 0 aromatic carbocycles. The fourth-order valence-corrected chi connectivity index (χ4v) is 3.61. The van der Waals surface area contributed by atoms with Crippen molar-refractivity contribution in [3.63, 3.8) is 0 Å². The Bertz CT molecular complexity index is 189. The molecular weight excluding hydrogens is 160 g/mol. The Morgan fingerprint density at radius 1 is 1.15 bits per heavy atom. The van der Waals surface area contributed by atoms with Gasteiger partial charge in [-0.2, -0.15) is 0 Å². The molecule has 0 unspecified atom stereocenters. The van der Waals surface area contributed by atoms with Gasteiger partial charge < -0.3 is 5.32 Å². The summed E-state index contributed by atoms with van der Waals surface area (Å²) in [5.74, 6) is 1.95. The summed E-state index contributed by atoms with van der Waals surface area (Å²) in [7, 11) is 0. The van der Waals surface area contributed by atoms with Crippen LogP contribution in [0.3, 0.4) is 0 Å². The predicted octanol–water partition coefficient (Wildman–Crippen LogP) is 1.08. The molecule has 0 aliphatic carbocycles. The molecule has 3 rings (SSSR count). The monoisotopic (exact) mass is 180 g/mol. The van der Waals surface area contributed by atoms with E-state index in [-0.39, 0.29) is 0 Å². The van der Waals surface area contributed by atoms with Crippen LogP contribution >= 0.6 is 0 Å². The quantitative estimate of drug-likeness (QED) is 0.600. The van der Waals surface area contributed by atoms with Crippen LogP contribution in [0.25, 0.3) is 0 Å².